The number of hydrogen-bond acceptors (Lipinski definition) is 7. The van der Waals surface area contributed by atoms with Gasteiger partial charge in [0, 0.05) is 31.0 Å². The number of hydrogen-bond donors (Lipinski definition) is 2. The Kier molecular flexibility index (Phi) is 8.51. The summed E-state index contributed by atoms with van der Waals surface area (Å²) >= 11 is 6.97. The molecule has 1 aliphatic rings. The lowest BCUT2D eigenvalue weighted by atomic mass is 10.1. The van der Waals surface area contributed by atoms with Gasteiger partial charge in [0.25, 0.3) is 10.0 Å². The number of nitrogens with zero attached hydrogens (tertiary/aromatic N) is 3. The number of sulfonamides is 1. The summed E-state index contributed by atoms with van der Waals surface area (Å²) in [6, 6.07) is 18.1. The van der Waals surface area contributed by atoms with Gasteiger partial charge in [-0.1, -0.05) is 41.4 Å². The lowest BCUT2D eigenvalue weighted by molar-refractivity contribution is -0.124. The van der Waals surface area contributed by atoms with E-state index in [-0.39, 0.29) is 22.7 Å². The second kappa shape index (κ2) is 12.1. The molecule has 0 radical (unpaired) electrons. The number of thiophene rings is 1. The minimum absolute atomic E-state index is 0.0192. The number of amides is 1. The van der Waals surface area contributed by atoms with Crippen molar-refractivity contribution in [1.29, 1.82) is 0 Å². The van der Waals surface area contributed by atoms with Gasteiger partial charge in [-0.15, -0.1) is 11.3 Å². The summed E-state index contributed by atoms with van der Waals surface area (Å²) in [5.74, 6) is 0.350. The first kappa shape index (κ1) is 28.2. The van der Waals surface area contributed by atoms with Crippen LogP contribution in [0.1, 0.15) is 42.5 Å². The number of benzene rings is 1. The van der Waals surface area contributed by atoms with Gasteiger partial charge in [-0.3, -0.25) is 9.78 Å². The lowest BCUT2D eigenvalue weighted by Crippen LogP contribution is -2.45. The van der Waals surface area contributed by atoms with E-state index in [0.717, 1.165) is 39.3 Å². The van der Waals surface area contributed by atoms with Crippen molar-refractivity contribution in [2.24, 2.45) is 0 Å². The quantitative estimate of drug-likeness (QED) is 0.253. The Balaban J connectivity index is 1.36. The molecule has 1 amide bonds. The highest BCUT2D eigenvalue weighted by Crippen LogP contribution is 2.32. The van der Waals surface area contributed by atoms with E-state index in [1.165, 1.54) is 10.4 Å². The van der Waals surface area contributed by atoms with E-state index in [0.29, 0.717) is 29.5 Å². The highest BCUT2D eigenvalue weighted by atomic mass is 35.5. The molecule has 0 aliphatic carbocycles. The van der Waals surface area contributed by atoms with Crippen LogP contribution in [0.2, 0.25) is 4.34 Å². The molecule has 1 unspecified atom stereocenters. The van der Waals surface area contributed by atoms with Crippen LogP contribution >= 0.6 is 22.9 Å². The van der Waals surface area contributed by atoms with Crippen LogP contribution in [-0.2, 0) is 21.4 Å². The molecule has 4 heterocycles. The van der Waals surface area contributed by atoms with Crippen molar-refractivity contribution >= 4 is 44.7 Å². The Morgan fingerprint density at radius 1 is 1.12 bits per heavy atom. The van der Waals surface area contributed by atoms with Crippen molar-refractivity contribution in [2.45, 2.75) is 49.5 Å². The van der Waals surface area contributed by atoms with Crippen LogP contribution in [0.5, 0.6) is 0 Å². The molecule has 1 saturated heterocycles. The van der Waals surface area contributed by atoms with E-state index < -0.39 is 16.1 Å². The summed E-state index contributed by atoms with van der Waals surface area (Å²) in [5, 5.41) is 6.43. The number of nitrogens with one attached hydrogen (secondary N) is 2. The molecule has 40 heavy (non-hydrogen) atoms. The second-order valence-corrected chi connectivity index (χ2v) is 13.6. The van der Waals surface area contributed by atoms with E-state index in [1.54, 1.807) is 18.5 Å². The maximum atomic E-state index is 13.3. The standard InChI is InChI=1S/C29H30ClN5O3S2/c1-19-5-7-23(8-6-19)24-16-21(17-27(34-24)33-20(2)22-11-13-31-14-12-22)18-32-29(36)25-4-3-15-35(25)40(37,38)28-10-9-26(30)39-28/h5-14,16-17,20,25H,3-4,15,18H2,1-2H3,(H,32,36)(H,33,34)/t20?,25-/m0/s1. The van der Waals surface area contributed by atoms with Crippen molar-refractivity contribution in [3.63, 3.8) is 0 Å². The first-order valence-corrected chi connectivity index (χ1v) is 15.6. The fourth-order valence-corrected chi connectivity index (χ4v) is 8.01. The van der Waals surface area contributed by atoms with Crippen LogP contribution in [0.3, 0.4) is 0 Å². The van der Waals surface area contributed by atoms with E-state index in [9.17, 15) is 13.2 Å². The molecule has 0 spiro atoms. The van der Waals surface area contributed by atoms with Gasteiger partial charge < -0.3 is 10.6 Å². The molecule has 2 atom stereocenters. The average Bonchev–Trinajstić information content (AvgIpc) is 3.63. The number of pyridine rings is 2. The van der Waals surface area contributed by atoms with Gasteiger partial charge in [0.15, 0.2) is 0 Å². The third-order valence-corrected chi connectivity index (χ3v) is 10.5. The molecule has 0 bridgehead atoms. The zero-order valence-corrected chi connectivity index (χ0v) is 24.6. The summed E-state index contributed by atoms with van der Waals surface area (Å²) < 4.78 is 28.2. The summed E-state index contributed by atoms with van der Waals surface area (Å²) in [6.45, 7) is 4.61. The van der Waals surface area contributed by atoms with E-state index in [2.05, 4.69) is 15.6 Å². The summed E-state index contributed by atoms with van der Waals surface area (Å²) in [5.41, 5.74) is 4.80. The molecule has 1 fully saturated rings. The van der Waals surface area contributed by atoms with Crippen molar-refractivity contribution in [3.8, 4) is 11.3 Å². The van der Waals surface area contributed by atoms with Gasteiger partial charge in [-0.05, 0) is 74.2 Å². The highest BCUT2D eigenvalue weighted by molar-refractivity contribution is 7.91. The van der Waals surface area contributed by atoms with Gasteiger partial charge in [0.05, 0.1) is 16.1 Å². The van der Waals surface area contributed by atoms with Gasteiger partial charge in [0.1, 0.15) is 16.1 Å². The van der Waals surface area contributed by atoms with Gasteiger partial charge in [-0.25, -0.2) is 13.4 Å². The lowest BCUT2D eigenvalue weighted by Gasteiger charge is -2.23. The Bertz CT molecular complexity index is 1590. The number of anilines is 1. The largest absolute Gasteiger partial charge is 0.364 e. The smallest absolute Gasteiger partial charge is 0.253 e. The molecule has 1 aliphatic heterocycles. The van der Waals surface area contributed by atoms with Crippen molar-refractivity contribution < 1.29 is 13.2 Å². The van der Waals surface area contributed by atoms with Crippen molar-refractivity contribution in [1.82, 2.24) is 19.6 Å². The molecule has 8 nitrogen and oxygen atoms in total. The Morgan fingerprint density at radius 3 is 2.58 bits per heavy atom. The molecule has 0 saturated carbocycles. The number of halogens is 1. The molecule has 1 aromatic carbocycles. The maximum absolute atomic E-state index is 13.3. The number of carbonyl (C=O) groups excluding carboxylic acids is 1. The first-order chi connectivity index (χ1) is 19.2. The van der Waals surface area contributed by atoms with Crippen LogP contribution in [0.4, 0.5) is 5.82 Å². The molecule has 4 aromatic rings. The normalized spacial score (nSPS) is 16.5. The van der Waals surface area contributed by atoms with Crippen LogP contribution in [0, 0.1) is 6.92 Å². The monoisotopic (exact) mass is 595 g/mol. The summed E-state index contributed by atoms with van der Waals surface area (Å²) in [4.78, 5) is 22.2. The summed E-state index contributed by atoms with van der Waals surface area (Å²) in [7, 11) is -3.81. The second-order valence-electron chi connectivity index (χ2n) is 9.81. The predicted octanol–water partition coefficient (Wildman–Crippen LogP) is 5.81. The molecule has 2 N–H and O–H groups in total. The van der Waals surface area contributed by atoms with E-state index in [4.69, 9.17) is 16.6 Å². The topological polar surface area (TPSA) is 104 Å². The summed E-state index contributed by atoms with van der Waals surface area (Å²) in [6.07, 6.45) is 4.59. The fraction of sp³-hybridized carbons (Fsp3) is 0.276. The number of rotatable bonds is 9. The third kappa shape index (κ3) is 6.36. The zero-order valence-electron chi connectivity index (χ0n) is 22.2. The van der Waals surface area contributed by atoms with Crippen LogP contribution in [-0.4, -0.2) is 41.2 Å². The molecular formula is C29H30ClN5O3S2. The number of carbonyl (C=O) groups is 1. The minimum Gasteiger partial charge on any atom is -0.364 e. The van der Waals surface area contributed by atoms with Gasteiger partial charge in [-0.2, -0.15) is 4.31 Å². The Morgan fingerprint density at radius 2 is 1.88 bits per heavy atom. The molecule has 5 rings (SSSR count). The van der Waals surface area contributed by atoms with Crippen LogP contribution in [0.15, 0.2) is 77.3 Å². The number of aromatic nitrogens is 2. The maximum Gasteiger partial charge on any atom is 0.253 e. The molecule has 11 heteroatoms. The highest BCUT2D eigenvalue weighted by Gasteiger charge is 2.40. The van der Waals surface area contributed by atoms with E-state index >= 15 is 0 Å². The van der Waals surface area contributed by atoms with Gasteiger partial charge >= 0.3 is 0 Å². The minimum atomic E-state index is -3.81. The van der Waals surface area contributed by atoms with Crippen LogP contribution < -0.4 is 10.6 Å². The van der Waals surface area contributed by atoms with Gasteiger partial charge in [0.2, 0.25) is 5.91 Å². The predicted molar refractivity (Wildman–Crippen MR) is 159 cm³/mol. The molecular weight excluding hydrogens is 566 g/mol. The average molecular weight is 596 g/mol. The molecule has 3 aromatic heterocycles. The zero-order chi connectivity index (χ0) is 28.3. The SMILES string of the molecule is Cc1ccc(-c2cc(CNC(=O)[C@@H]3CCCN3S(=O)(=O)c3ccc(Cl)s3)cc(NC(C)c3ccncc3)n2)cc1. The number of aryl methyl sites for hydroxylation is 1. The molecule has 208 valence electrons. The van der Waals surface area contributed by atoms with Crippen molar-refractivity contribution in [2.75, 3.05) is 11.9 Å². The van der Waals surface area contributed by atoms with Crippen molar-refractivity contribution in [3.05, 3.63) is 94.1 Å². The van der Waals surface area contributed by atoms with Crippen LogP contribution in [0.25, 0.3) is 11.3 Å². The first-order valence-electron chi connectivity index (χ1n) is 13.0. The Hall–Kier alpha value is -3.31. The van der Waals surface area contributed by atoms with E-state index in [1.807, 2.05) is 62.4 Å². The Labute approximate surface area is 243 Å². The third-order valence-electron chi connectivity index (χ3n) is 6.89. The fourth-order valence-electron chi connectivity index (χ4n) is 4.74.